The molecule has 0 fully saturated rings. The fourth-order valence-electron chi connectivity index (χ4n) is 1.79. The van der Waals surface area contributed by atoms with Crippen molar-refractivity contribution >= 4 is 33.8 Å². The number of hydrogen-bond acceptors (Lipinski definition) is 4. The SMILES string of the molecule is CC(C)Oc1cccc(CCNC(=S)Nc2nccs2)c1. The van der Waals surface area contributed by atoms with Gasteiger partial charge in [-0.25, -0.2) is 4.98 Å². The van der Waals surface area contributed by atoms with E-state index in [0.29, 0.717) is 5.11 Å². The third-order valence-electron chi connectivity index (χ3n) is 2.62. The van der Waals surface area contributed by atoms with Gasteiger partial charge in [0.2, 0.25) is 0 Å². The number of thiazole rings is 1. The third-order valence-corrected chi connectivity index (χ3v) is 3.56. The zero-order valence-electron chi connectivity index (χ0n) is 12.1. The highest BCUT2D eigenvalue weighted by Gasteiger charge is 2.01. The van der Waals surface area contributed by atoms with E-state index in [-0.39, 0.29) is 6.10 Å². The predicted molar refractivity (Wildman–Crippen MR) is 92.2 cm³/mol. The molecule has 0 aliphatic rings. The normalized spacial score (nSPS) is 10.4. The second-order valence-electron chi connectivity index (χ2n) is 4.78. The molecule has 2 N–H and O–H groups in total. The summed E-state index contributed by atoms with van der Waals surface area (Å²) in [5.74, 6) is 0.908. The molecule has 0 saturated carbocycles. The lowest BCUT2D eigenvalue weighted by Crippen LogP contribution is -2.30. The van der Waals surface area contributed by atoms with Crippen LogP contribution in [0.5, 0.6) is 5.75 Å². The van der Waals surface area contributed by atoms with Gasteiger partial charge >= 0.3 is 0 Å². The van der Waals surface area contributed by atoms with E-state index in [9.17, 15) is 0 Å². The van der Waals surface area contributed by atoms with E-state index >= 15 is 0 Å². The third kappa shape index (κ3) is 5.69. The fraction of sp³-hybridized carbons (Fsp3) is 0.333. The molecule has 0 unspecified atom stereocenters. The van der Waals surface area contributed by atoms with Crippen LogP contribution in [-0.4, -0.2) is 22.7 Å². The quantitative estimate of drug-likeness (QED) is 0.798. The first-order chi connectivity index (χ1) is 10.1. The topological polar surface area (TPSA) is 46.2 Å². The molecule has 0 atom stereocenters. The van der Waals surface area contributed by atoms with Crippen molar-refractivity contribution in [2.45, 2.75) is 26.4 Å². The van der Waals surface area contributed by atoms with Crippen LogP contribution in [0.15, 0.2) is 35.8 Å². The lowest BCUT2D eigenvalue weighted by molar-refractivity contribution is 0.242. The number of thiocarbonyl (C=S) groups is 1. The van der Waals surface area contributed by atoms with Crippen molar-refractivity contribution < 1.29 is 4.74 Å². The Balaban J connectivity index is 1.76. The first-order valence-corrected chi connectivity index (χ1v) is 8.12. The van der Waals surface area contributed by atoms with Crippen molar-refractivity contribution in [3.05, 3.63) is 41.4 Å². The number of benzene rings is 1. The van der Waals surface area contributed by atoms with Crippen LogP contribution in [-0.2, 0) is 6.42 Å². The summed E-state index contributed by atoms with van der Waals surface area (Å²) in [4.78, 5) is 4.12. The number of ether oxygens (including phenoxy) is 1. The molecule has 1 aromatic heterocycles. The van der Waals surface area contributed by atoms with Crippen molar-refractivity contribution in [3.8, 4) is 5.75 Å². The molecule has 21 heavy (non-hydrogen) atoms. The first-order valence-electron chi connectivity index (χ1n) is 6.83. The molecule has 0 aliphatic heterocycles. The minimum atomic E-state index is 0.188. The Morgan fingerprint density at radius 2 is 2.29 bits per heavy atom. The summed E-state index contributed by atoms with van der Waals surface area (Å²) in [6.45, 7) is 4.82. The number of aromatic nitrogens is 1. The Bertz CT molecular complexity index is 570. The lowest BCUT2D eigenvalue weighted by atomic mass is 10.1. The van der Waals surface area contributed by atoms with Crippen LogP contribution in [0.25, 0.3) is 0 Å². The molecule has 1 heterocycles. The number of nitrogens with zero attached hydrogens (tertiary/aromatic N) is 1. The Morgan fingerprint density at radius 1 is 1.43 bits per heavy atom. The molecule has 1 aromatic carbocycles. The van der Waals surface area contributed by atoms with Gasteiger partial charge in [-0.2, -0.15) is 0 Å². The molecule has 112 valence electrons. The standard InChI is InChI=1S/C15H19N3OS2/c1-11(2)19-13-5-3-4-12(10-13)6-7-16-14(20)18-15-17-8-9-21-15/h3-5,8-11H,6-7H2,1-2H3,(H2,16,17,18,20). The Hall–Kier alpha value is -1.66. The van der Waals surface area contributed by atoms with E-state index in [1.807, 2.05) is 31.4 Å². The highest BCUT2D eigenvalue weighted by molar-refractivity contribution is 7.80. The molecule has 0 amide bonds. The summed E-state index contributed by atoms with van der Waals surface area (Å²) in [6.07, 6.45) is 2.82. The Morgan fingerprint density at radius 3 is 3.00 bits per heavy atom. The molecule has 0 aliphatic carbocycles. The molecule has 6 heteroatoms. The van der Waals surface area contributed by atoms with Gasteiger partial charge in [-0.15, -0.1) is 11.3 Å². The maximum atomic E-state index is 5.69. The second kappa shape index (κ2) is 7.95. The van der Waals surface area contributed by atoms with Crippen molar-refractivity contribution in [1.29, 1.82) is 0 Å². The van der Waals surface area contributed by atoms with Gasteiger partial charge in [0.25, 0.3) is 0 Å². The van der Waals surface area contributed by atoms with E-state index in [0.717, 1.165) is 23.8 Å². The van der Waals surface area contributed by atoms with Crippen LogP contribution in [0, 0.1) is 0 Å². The highest BCUT2D eigenvalue weighted by Crippen LogP contribution is 2.15. The van der Waals surface area contributed by atoms with E-state index < -0.39 is 0 Å². The lowest BCUT2D eigenvalue weighted by Gasteiger charge is -2.11. The largest absolute Gasteiger partial charge is 0.491 e. The summed E-state index contributed by atoms with van der Waals surface area (Å²) < 4.78 is 5.69. The van der Waals surface area contributed by atoms with E-state index in [2.05, 4.69) is 27.8 Å². The first kappa shape index (κ1) is 15.7. The van der Waals surface area contributed by atoms with Crippen LogP contribution >= 0.6 is 23.6 Å². The molecular weight excluding hydrogens is 302 g/mol. The minimum absolute atomic E-state index is 0.188. The van der Waals surface area contributed by atoms with Gasteiger partial charge in [0.15, 0.2) is 10.2 Å². The molecule has 0 radical (unpaired) electrons. The average molecular weight is 321 g/mol. The van der Waals surface area contributed by atoms with Gasteiger partial charge in [0, 0.05) is 18.1 Å². The molecule has 0 bridgehead atoms. The number of anilines is 1. The summed E-state index contributed by atoms with van der Waals surface area (Å²) in [5, 5.41) is 9.53. The van der Waals surface area contributed by atoms with Gasteiger partial charge in [-0.1, -0.05) is 12.1 Å². The number of nitrogens with one attached hydrogen (secondary N) is 2. The molecular formula is C15H19N3OS2. The zero-order chi connectivity index (χ0) is 15.1. The van der Waals surface area contributed by atoms with Crippen LogP contribution in [0.3, 0.4) is 0 Å². The second-order valence-corrected chi connectivity index (χ2v) is 6.08. The Kier molecular flexibility index (Phi) is 5.95. The van der Waals surface area contributed by atoms with Gasteiger partial charge < -0.3 is 15.4 Å². The molecule has 4 nitrogen and oxygen atoms in total. The van der Waals surface area contributed by atoms with Crippen molar-refractivity contribution in [3.63, 3.8) is 0 Å². The Labute approximate surface area is 134 Å². The van der Waals surface area contributed by atoms with E-state index in [4.69, 9.17) is 17.0 Å². The van der Waals surface area contributed by atoms with E-state index in [1.54, 1.807) is 6.20 Å². The summed E-state index contributed by atoms with van der Waals surface area (Å²) in [5.41, 5.74) is 1.22. The minimum Gasteiger partial charge on any atom is -0.491 e. The van der Waals surface area contributed by atoms with Gasteiger partial charge in [0.1, 0.15) is 5.75 Å². The van der Waals surface area contributed by atoms with Crippen LogP contribution in [0.4, 0.5) is 5.13 Å². The molecule has 0 saturated heterocycles. The average Bonchev–Trinajstić information content (AvgIpc) is 2.91. The van der Waals surface area contributed by atoms with Gasteiger partial charge in [0.05, 0.1) is 6.10 Å². The van der Waals surface area contributed by atoms with Gasteiger partial charge in [-0.05, 0) is 50.2 Å². The van der Waals surface area contributed by atoms with Crippen LogP contribution in [0.1, 0.15) is 19.4 Å². The van der Waals surface area contributed by atoms with Crippen molar-refractivity contribution in [1.82, 2.24) is 10.3 Å². The number of rotatable bonds is 6. The molecule has 0 spiro atoms. The maximum Gasteiger partial charge on any atom is 0.188 e. The molecule has 2 rings (SSSR count). The van der Waals surface area contributed by atoms with Crippen LogP contribution < -0.4 is 15.4 Å². The number of hydrogen-bond donors (Lipinski definition) is 2. The van der Waals surface area contributed by atoms with Crippen molar-refractivity contribution in [2.75, 3.05) is 11.9 Å². The highest BCUT2D eigenvalue weighted by atomic mass is 32.1. The predicted octanol–water partition coefficient (Wildman–Crippen LogP) is 3.46. The summed E-state index contributed by atoms with van der Waals surface area (Å²) in [6, 6.07) is 8.15. The smallest absolute Gasteiger partial charge is 0.188 e. The van der Waals surface area contributed by atoms with E-state index in [1.165, 1.54) is 16.9 Å². The maximum absolute atomic E-state index is 5.69. The summed E-state index contributed by atoms with van der Waals surface area (Å²) >= 11 is 6.74. The van der Waals surface area contributed by atoms with Crippen molar-refractivity contribution in [2.24, 2.45) is 0 Å². The summed E-state index contributed by atoms with van der Waals surface area (Å²) in [7, 11) is 0. The zero-order valence-corrected chi connectivity index (χ0v) is 13.8. The molecule has 2 aromatic rings. The van der Waals surface area contributed by atoms with Gasteiger partial charge in [-0.3, -0.25) is 0 Å². The fourth-order valence-corrected chi connectivity index (χ4v) is 2.59. The monoisotopic (exact) mass is 321 g/mol. The van der Waals surface area contributed by atoms with Crippen LogP contribution in [0.2, 0.25) is 0 Å².